The zero-order valence-electron chi connectivity index (χ0n) is 17.0. The van der Waals surface area contributed by atoms with Crippen LogP contribution in [-0.4, -0.2) is 49.5 Å². The minimum Gasteiger partial charge on any atom is -0.462 e. The Balaban J connectivity index is 1.55. The van der Waals surface area contributed by atoms with Gasteiger partial charge in [-0.1, -0.05) is 5.16 Å². The molecule has 0 bridgehead atoms. The second-order valence-electron chi connectivity index (χ2n) is 7.08. The van der Waals surface area contributed by atoms with Gasteiger partial charge in [0.15, 0.2) is 5.76 Å². The molecule has 1 aromatic carbocycles. The molecular weight excluding hydrogens is 410 g/mol. The average molecular weight is 436 g/mol. The quantitative estimate of drug-likeness (QED) is 0.660. The Hall–Kier alpha value is -2.72. The minimum atomic E-state index is -3.69. The van der Waals surface area contributed by atoms with Crippen molar-refractivity contribution in [3.63, 3.8) is 0 Å². The topological polar surface area (TPSA) is 119 Å². The molecule has 1 aliphatic heterocycles. The maximum absolute atomic E-state index is 12.9. The van der Waals surface area contributed by atoms with Crippen molar-refractivity contribution in [2.45, 2.75) is 38.1 Å². The highest BCUT2D eigenvalue weighted by molar-refractivity contribution is 7.89. The molecule has 0 unspecified atom stereocenters. The number of amides is 1. The number of aryl methyl sites for hydroxylation is 1. The van der Waals surface area contributed by atoms with Crippen LogP contribution in [0.2, 0.25) is 0 Å². The van der Waals surface area contributed by atoms with E-state index in [0.717, 1.165) is 5.69 Å². The average Bonchev–Trinajstić information content (AvgIpc) is 3.17. The molecule has 10 heteroatoms. The summed E-state index contributed by atoms with van der Waals surface area (Å²) >= 11 is 0. The van der Waals surface area contributed by atoms with E-state index in [9.17, 15) is 18.0 Å². The molecule has 1 aromatic heterocycles. The summed E-state index contributed by atoms with van der Waals surface area (Å²) in [6.45, 7) is 4.51. The van der Waals surface area contributed by atoms with E-state index in [1.807, 2.05) is 0 Å². The van der Waals surface area contributed by atoms with Crippen molar-refractivity contribution in [3.8, 4) is 0 Å². The fourth-order valence-corrected chi connectivity index (χ4v) is 4.77. The van der Waals surface area contributed by atoms with Crippen molar-refractivity contribution >= 4 is 21.9 Å². The zero-order valence-corrected chi connectivity index (χ0v) is 17.8. The lowest BCUT2D eigenvalue weighted by Gasteiger charge is -2.30. The lowest BCUT2D eigenvalue weighted by atomic mass is 9.97. The molecule has 1 N–H and O–H groups in total. The fourth-order valence-electron chi connectivity index (χ4n) is 3.30. The van der Waals surface area contributed by atoms with Crippen LogP contribution in [0.25, 0.3) is 0 Å². The Morgan fingerprint density at radius 3 is 2.47 bits per heavy atom. The Bertz CT molecular complexity index is 992. The van der Waals surface area contributed by atoms with Gasteiger partial charge in [0, 0.05) is 25.1 Å². The van der Waals surface area contributed by atoms with Crippen molar-refractivity contribution in [2.75, 3.05) is 19.7 Å². The zero-order chi connectivity index (χ0) is 21.7. The van der Waals surface area contributed by atoms with Crippen molar-refractivity contribution in [3.05, 3.63) is 47.3 Å². The van der Waals surface area contributed by atoms with Gasteiger partial charge in [-0.2, -0.15) is 4.31 Å². The van der Waals surface area contributed by atoms with Crippen molar-refractivity contribution < 1.29 is 27.3 Å². The van der Waals surface area contributed by atoms with E-state index in [2.05, 4.69) is 10.5 Å². The maximum Gasteiger partial charge on any atom is 0.338 e. The fraction of sp³-hybridized carbons (Fsp3) is 0.450. The van der Waals surface area contributed by atoms with Gasteiger partial charge in [-0.05, 0) is 51.0 Å². The highest BCUT2D eigenvalue weighted by atomic mass is 32.2. The van der Waals surface area contributed by atoms with E-state index in [1.165, 1.54) is 28.6 Å². The van der Waals surface area contributed by atoms with Crippen LogP contribution < -0.4 is 5.32 Å². The van der Waals surface area contributed by atoms with Gasteiger partial charge in [-0.25, -0.2) is 13.2 Å². The summed E-state index contributed by atoms with van der Waals surface area (Å²) in [6.07, 6.45) is 0.864. The van der Waals surface area contributed by atoms with E-state index < -0.39 is 16.0 Å². The predicted octanol–water partition coefficient (Wildman–Crippen LogP) is 1.88. The lowest BCUT2D eigenvalue weighted by molar-refractivity contribution is -0.126. The SMILES string of the molecule is CCOC(=O)c1ccc(S(=O)(=O)N2CCC(C(=O)NCc3cc(C)no3)CC2)cc1. The second-order valence-corrected chi connectivity index (χ2v) is 9.01. The minimum absolute atomic E-state index is 0.110. The van der Waals surface area contributed by atoms with Crippen LogP contribution in [0.15, 0.2) is 39.8 Å². The normalized spacial score (nSPS) is 15.7. The number of sulfonamides is 1. The third-order valence-electron chi connectivity index (χ3n) is 4.94. The molecule has 0 atom stereocenters. The Morgan fingerprint density at radius 2 is 1.90 bits per heavy atom. The molecule has 9 nitrogen and oxygen atoms in total. The molecule has 0 aliphatic carbocycles. The number of carbonyl (C=O) groups is 2. The second kappa shape index (κ2) is 9.40. The van der Waals surface area contributed by atoms with E-state index in [0.29, 0.717) is 24.2 Å². The van der Waals surface area contributed by atoms with Crippen LogP contribution in [0.4, 0.5) is 0 Å². The number of esters is 1. The van der Waals surface area contributed by atoms with E-state index in [-0.39, 0.29) is 43.0 Å². The van der Waals surface area contributed by atoms with Crippen LogP contribution in [0.3, 0.4) is 0 Å². The van der Waals surface area contributed by atoms with Gasteiger partial charge in [0.05, 0.1) is 29.3 Å². The largest absolute Gasteiger partial charge is 0.462 e. The van der Waals surface area contributed by atoms with Crippen LogP contribution in [0.1, 0.15) is 41.6 Å². The molecule has 0 saturated carbocycles. The molecule has 1 aliphatic rings. The molecule has 2 aromatic rings. The number of aromatic nitrogens is 1. The molecule has 1 fully saturated rings. The van der Waals surface area contributed by atoms with E-state index in [1.54, 1.807) is 19.9 Å². The number of hydrogen-bond acceptors (Lipinski definition) is 7. The molecule has 1 amide bonds. The number of hydrogen-bond donors (Lipinski definition) is 1. The van der Waals surface area contributed by atoms with Gasteiger partial charge in [-0.15, -0.1) is 0 Å². The number of nitrogens with one attached hydrogen (secondary N) is 1. The Labute approximate surface area is 175 Å². The summed E-state index contributed by atoms with van der Waals surface area (Å²) in [5.74, 6) is -0.299. The van der Waals surface area contributed by atoms with Crippen molar-refractivity contribution in [1.82, 2.24) is 14.8 Å². The molecule has 162 valence electrons. The number of rotatable bonds is 7. The standard InChI is InChI=1S/C20H25N3O6S/c1-3-28-20(25)16-4-6-18(7-5-16)30(26,27)23-10-8-15(9-11-23)19(24)21-13-17-12-14(2)22-29-17/h4-7,12,15H,3,8-11,13H2,1-2H3,(H,21,24). The third kappa shape index (κ3) is 5.06. The summed E-state index contributed by atoms with van der Waals surface area (Å²) in [4.78, 5) is 24.2. The van der Waals surface area contributed by atoms with Gasteiger partial charge < -0.3 is 14.6 Å². The van der Waals surface area contributed by atoms with Gasteiger partial charge in [-0.3, -0.25) is 4.79 Å². The number of ether oxygens (including phenoxy) is 1. The van der Waals surface area contributed by atoms with Crippen molar-refractivity contribution in [1.29, 1.82) is 0 Å². The summed E-state index contributed by atoms with van der Waals surface area (Å²) in [6, 6.07) is 7.44. The first kappa shape index (κ1) is 22.0. The monoisotopic (exact) mass is 435 g/mol. The first-order valence-electron chi connectivity index (χ1n) is 9.78. The summed E-state index contributed by atoms with van der Waals surface area (Å²) in [5, 5.41) is 6.58. The van der Waals surface area contributed by atoms with Gasteiger partial charge in [0.2, 0.25) is 15.9 Å². The molecule has 3 rings (SSSR count). The molecular formula is C20H25N3O6S. The first-order chi connectivity index (χ1) is 14.3. The van der Waals surface area contributed by atoms with Crippen molar-refractivity contribution in [2.24, 2.45) is 5.92 Å². The van der Waals surface area contributed by atoms with Gasteiger partial charge in [0.1, 0.15) is 0 Å². The number of nitrogens with zero attached hydrogens (tertiary/aromatic N) is 2. The maximum atomic E-state index is 12.9. The van der Waals surface area contributed by atoms with Crippen LogP contribution in [0.5, 0.6) is 0 Å². The van der Waals surface area contributed by atoms with Crippen LogP contribution >= 0.6 is 0 Å². The number of carbonyl (C=O) groups excluding carboxylic acids is 2. The third-order valence-corrected chi connectivity index (χ3v) is 6.85. The molecule has 2 heterocycles. The number of piperidine rings is 1. The number of benzene rings is 1. The first-order valence-corrected chi connectivity index (χ1v) is 11.2. The molecule has 1 saturated heterocycles. The van der Waals surface area contributed by atoms with Gasteiger partial charge in [0.25, 0.3) is 0 Å². The summed E-state index contributed by atoms with van der Waals surface area (Å²) in [5.41, 5.74) is 1.04. The van der Waals surface area contributed by atoms with Crippen LogP contribution in [0, 0.1) is 12.8 Å². The predicted molar refractivity (Wildman–Crippen MR) is 107 cm³/mol. The summed E-state index contributed by atoms with van der Waals surface area (Å²) < 4.78 is 37.1. The Kier molecular flexibility index (Phi) is 6.88. The highest BCUT2D eigenvalue weighted by Gasteiger charge is 2.32. The lowest BCUT2D eigenvalue weighted by Crippen LogP contribution is -2.42. The van der Waals surface area contributed by atoms with Gasteiger partial charge >= 0.3 is 5.97 Å². The highest BCUT2D eigenvalue weighted by Crippen LogP contribution is 2.24. The smallest absolute Gasteiger partial charge is 0.338 e. The van der Waals surface area contributed by atoms with Crippen LogP contribution in [-0.2, 0) is 26.1 Å². The molecule has 0 spiro atoms. The molecule has 30 heavy (non-hydrogen) atoms. The molecule has 0 radical (unpaired) electrons. The van der Waals surface area contributed by atoms with E-state index >= 15 is 0 Å². The van der Waals surface area contributed by atoms with E-state index in [4.69, 9.17) is 9.26 Å². The summed E-state index contributed by atoms with van der Waals surface area (Å²) in [7, 11) is -3.69. The Morgan fingerprint density at radius 1 is 1.23 bits per heavy atom.